The first-order valence-electron chi connectivity index (χ1n) is 6.73. The summed E-state index contributed by atoms with van der Waals surface area (Å²) in [6.45, 7) is 2.64. The minimum Gasteiger partial charge on any atom is -0.370 e. The zero-order valence-electron chi connectivity index (χ0n) is 11.5. The van der Waals surface area contributed by atoms with Gasteiger partial charge in [-0.1, -0.05) is 0 Å². The highest BCUT2D eigenvalue weighted by atomic mass is 32.1. The van der Waals surface area contributed by atoms with Crippen LogP contribution in [0.25, 0.3) is 0 Å². The molecule has 0 aliphatic carbocycles. The molecule has 110 valence electrons. The number of hydrogen-bond donors (Lipinski definition) is 2. The van der Waals surface area contributed by atoms with E-state index in [-0.39, 0.29) is 24.3 Å². The third-order valence-electron chi connectivity index (χ3n) is 3.62. The van der Waals surface area contributed by atoms with Crippen LogP contribution in [0.5, 0.6) is 0 Å². The molecular formula is C13H19N3O2S2. The molecule has 1 saturated heterocycles. The molecule has 0 unspecified atom stereocenters. The molecule has 3 N–H and O–H groups in total. The number of likely N-dealkylation sites (tertiary alicyclic amines) is 1. The van der Waals surface area contributed by atoms with Crippen LogP contribution in [0.2, 0.25) is 0 Å². The Balaban J connectivity index is 2.07. The summed E-state index contributed by atoms with van der Waals surface area (Å²) in [5.41, 5.74) is 6.23. The van der Waals surface area contributed by atoms with Gasteiger partial charge >= 0.3 is 0 Å². The molecule has 5 nitrogen and oxygen atoms in total. The SMILES string of the molecule is Cc1[nH]c(=S)sc1CC(=O)N1CCCC[C@H]1CC(N)=O. The van der Waals surface area contributed by atoms with Crippen molar-refractivity contribution in [3.05, 3.63) is 14.5 Å². The second-order valence-corrected chi connectivity index (χ2v) is 6.92. The molecule has 20 heavy (non-hydrogen) atoms. The van der Waals surface area contributed by atoms with Gasteiger partial charge in [-0.2, -0.15) is 0 Å². The maximum Gasteiger partial charge on any atom is 0.228 e. The van der Waals surface area contributed by atoms with Crippen LogP contribution in [-0.2, 0) is 16.0 Å². The summed E-state index contributed by atoms with van der Waals surface area (Å²) < 4.78 is 0.692. The molecule has 2 heterocycles. The van der Waals surface area contributed by atoms with Crippen molar-refractivity contribution in [2.45, 2.75) is 45.1 Å². The number of nitrogens with zero attached hydrogens (tertiary/aromatic N) is 1. The summed E-state index contributed by atoms with van der Waals surface area (Å²) in [6.07, 6.45) is 3.50. The van der Waals surface area contributed by atoms with E-state index in [9.17, 15) is 9.59 Å². The minimum atomic E-state index is -0.344. The molecule has 1 aliphatic rings. The lowest BCUT2D eigenvalue weighted by Crippen LogP contribution is -2.46. The Bertz CT molecular complexity index is 564. The summed E-state index contributed by atoms with van der Waals surface area (Å²) in [6, 6.07) is -0.0408. The van der Waals surface area contributed by atoms with E-state index in [1.807, 2.05) is 11.8 Å². The number of hydrogen-bond acceptors (Lipinski definition) is 4. The molecule has 7 heteroatoms. The molecule has 0 spiro atoms. The highest BCUT2D eigenvalue weighted by molar-refractivity contribution is 7.73. The summed E-state index contributed by atoms with van der Waals surface area (Å²) in [7, 11) is 0. The molecule has 1 aliphatic heterocycles. The Morgan fingerprint density at radius 1 is 1.50 bits per heavy atom. The van der Waals surface area contributed by atoms with E-state index < -0.39 is 0 Å². The van der Waals surface area contributed by atoms with Gasteiger partial charge in [0.05, 0.1) is 6.42 Å². The van der Waals surface area contributed by atoms with Gasteiger partial charge in [0.1, 0.15) is 0 Å². The van der Waals surface area contributed by atoms with Gasteiger partial charge in [-0.3, -0.25) is 9.59 Å². The first kappa shape index (κ1) is 15.2. The minimum absolute atomic E-state index is 0.0408. The number of primary amides is 1. The second kappa shape index (κ2) is 6.49. The van der Waals surface area contributed by atoms with Crippen molar-refractivity contribution in [1.82, 2.24) is 9.88 Å². The summed E-state index contributed by atoms with van der Waals surface area (Å²) in [4.78, 5) is 29.4. The number of H-pyrrole nitrogens is 1. The molecule has 0 aromatic carbocycles. The summed E-state index contributed by atoms with van der Waals surface area (Å²) >= 11 is 6.53. The van der Waals surface area contributed by atoms with Crippen LogP contribution in [0, 0.1) is 10.9 Å². The van der Waals surface area contributed by atoms with E-state index in [1.165, 1.54) is 11.3 Å². The van der Waals surface area contributed by atoms with Gasteiger partial charge < -0.3 is 15.6 Å². The Hall–Kier alpha value is -1.21. The molecule has 0 saturated carbocycles. The van der Waals surface area contributed by atoms with Gasteiger partial charge in [-0.25, -0.2) is 0 Å². The van der Waals surface area contributed by atoms with Crippen molar-refractivity contribution in [2.75, 3.05) is 6.54 Å². The maximum absolute atomic E-state index is 12.5. The molecule has 2 amide bonds. The Morgan fingerprint density at radius 3 is 2.85 bits per heavy atom. The number of nitrogens with one attached hydrogen (secondary N) is 1. The fourth-order valence-corrected chi connectivity index (χ4v) is 3.90. The third kappa shape index (κ3) is 3.67. The Labute approximate surface area is 127 Å². The number of aromatic nitrogens is 1. The van der Waals surface area contributed by atoms with Crippen molar-refractivity contribution in [1.29, 1.82) is 0 Å². The van der Waals surface area contributed by atoms with Crippen molar-refractivity contribution in [3.63, 3.8) is 0 Å². The molecule has 2 rings (SSSR count). The third-order valence-corrected chi connectivity index (χ3v) is 4.96. The standard InChI is InChI=1S/C13H19N3O2S2/c1-8-10(20-13(19)15-8)7-12(18)16-5-3-2-4-9(16)6-11(14)17/h9H,2-7H2,1H3,(H2,14,17)(H,15,19)/t9-/m0/s1. The monoisotopic (exact) mass is 313 g/mol. The van der Waals surface area contributed by atoms with E-state index in [2.05, 4.69) is 4.98 Å². The van der Waals surface area contributed by atoms with E-state index in [4.69, 9.17) is 18.0 Å². The number of piperidine rings is 1. The van der Waals surface area contributed by atoms with Crippen LogP contribution in [0.3, 0.4) is 0 Å². The number of nitrogens with two attached hydrogens (primary N) is 1. The number of amides is 2. The molecule has 1 atom stereocenters. The lowest BCUT2D eigenvalue weighted by atomic mass is 9.98. The van der Waals surface area contributed by atoms with E-state index in [0.717, 1.165) is 29.8 Å². The smallest absolute Gasteiger partial charge is 0.228 e. The van der Waals surface area contributed by atoms with Gasteiger partial charge in [0.2, 0.25) is 11.8 Å². The highest BCUT2D eigenvalue weighted by Crippen LogP contribution is 2.22. The van der Waals surface area contributed by atoms with Crippen LogP contribution in [0.15, 0.2) is 0 Å². The van der Waals surface area contributed by atoms with Crippen LogP contribution in [-0.4, -0.2) is 34.3 Å². The van der Waals surface area contributed by atoms with Crippen molar-refractivity contribution >= 4 is 35.4 Å². The van der Waals surface area contributed by atoms with Crippen LogP contribution in [0.1, 0.15) is 36.3 Å². The van der Waals surface area contributed by atoms with Gasteiger partial charge in [-0.15, -0.1) is 11.3 Å². The van der Waals surface area contributed by atoms with Gasteiger partial charge in [0.15, 0.2) is 3.95 Å². The first-order valence-corrected chi connectivity index (χ1v) is 7.96. The molecule has 1 fully saturated rings. The largest absolute Gasteiger partial charge is 0.370 e. The van der Waals surface area contributed by atoms with Crippen molar-refractivity contribution < 1.29 is 9.59 Å². The second-order valence-electron chi connectivity index (χ2n) is 5.15. The van der Waals surface area contributed by atoms with Crippen LogP contribution in [0.4, 0.5) is 0 Å². The highest BCUT2D eigenvalue weighted by Gasteiger charge is 2.28. The number of carbonyl (C=O) groups is 2. The zero-order valence-corrected chi connectivity index (χ0v) is 13.1. The number of aryl methyl sites for hydroxylation is 1. The number of rotatable bonds is 4. The molecule has 0 bridgehead atoms. The fourth-order valence-electron chi connectivity index (χ4n) is 2.62. The molecule has 1 aromatic rings. The van der Waals surface area contributed by atoms with Crippen molar-refractivity contribution in [2.24, 2.45) is 5.73 Å². The molecular weight excluding hydrogens is 294 g/mol. The van der Waals surface area contributed by atoms with Gasteiger partial charge in [0.25, 0.3) is 0 Å². The predicted molar refractivity (Wildman–Crippen MR) is 81.1 cm³/mol. The quantitative estimate of drug-likeness (QED) is 0.833. The van der Waals surface area contributed by atoms with Gasteiger partial charge in [0, 0.05) is 29.6 Å². The van der Waals surface area contributed by atoms with Crippen LogP contribution < -0.4 is 5.73 Å². The van der Waals surface area contributed by atoms with E-state index in [0.29, 0.717) is 16.9 Å². The van der Waals surface area contributed by atoms with Gasteiger partial charge in [-0.05, 0) is 38.4 Å². The average Bonchev–Trinajstić information content (AvgIpc) is 2.67. The van der Waals surface area contributed by atoms with E-state index >= 15 is 0 Å². The lowest BCUT2D eigenvalue weighted by molar-refractivity contribution is -0.135. The van der Waals surface area contributed by atoms with Crippen molar-refractivity contribution in [3.8, 4) is 0 Å². The van der Waals surface area contributed by atoms with E-state index in [1.54, 1.807) is 0 Å². The number of aromatic amines is 1. The summed E-state index contributed by atoms with van der Waals surface area (Å²) in [5.74, 6) is -0.285. The lowest BCUT2D eigenvalue weighted by Gasteiger charge is -2.35. The molecule has 1 aromatic heterocycles. The normalized spacial score (nSPS) is 19.1. The average molecular weight is 313 g/mol. The first-order chi connectivity index (χ1) is 9.47. The fraction of sp³-hybridized carbons (Fsp3) is 0.615. The summed E-state index contributed by atoms with van der Waals surface area (Å²) in [5, 5.41) is 0. The maximum atomic E-state index is 12.5. The Kier molecular flexibility index (Phi) is 4.93. The predicted octanol–water partition coefficient (Wildman–Crippen LogP) is 1.91. The molecule has 0 radical (unpaired) electrons. The topological polar surface area (TPSA) is 79.2 Å². The van der Waals surface area contributed by atoms with Crippen LogP contribution >= 0.6 is 23.6 Å². The zero-order chi connectivity index (χ0) is 14.7. The number of thiazole rings is 1. The number of carbonyl (C=O) groups excluding carboxylic acids is 2. The Morgan fingerprint density at radius 2 is 2.25 bits per heavy atom.